The number of imide groups is 1. The molecule has 1 aliphatic heterocycles. The molecule has 2 aromatic carbocycles. The van der Waals surface area contributed by atoms with Crippen LogP contribution < -0.4 is 4.90 Å². The molecule has 25 heavy (non-hydrogen) atoms. The quantitative estimate of drug-likeness (QED) is 0.851. The summed E-state index contributed by atoms with van der Waals surface area (Å²) in [5, 5.41) is 8.66. The van der Waals surface area contributed by atoms with E-state index in [1.54, 1.807) is 24.3 Å². The van der Waals surface area contributed by atoms with Crippen LogP contribution in [-0.4, -0.2) is 28.1 Å². The summed E-state index contributed by atoms with van der Waals surface area (Å²) in [6.07, 6.45) is 0.0604. The van der Waals surface area contributed by atoms with Crippen molar-refractivity contribution >= 4 is 35.2 Å². The van der Waals surface area contributed by atoms with Gasteiger partial charge < -0.3 is 5.11 Å². The number of hydrogen-bond acceptors (Lipinski definition) is 4. The second-order valence-electron chi connectivity index (χ2n) is 5.90. The summed E-state index contributed by atoms with van der Waals surface area (Å²) >= 11 is 1.13. The molecule has 3 rings (SSSR count). The highest BCUT2D eigenvalue weighted by molar-refractivity contribution is 8.00. The molecule has 128 valence electrons. The first kappa shape index (κ1) is 17.2. The monoisotopic (exact) mass is 355 g/mol. The van der Waals surface area contributed by atoms with Gasteiger partial charge in [0.05, 0.1) is 16.5 Å². The molecule has 1 fully saturated rings. The van der Waals surface area contributed by atoms with Crippen molar-refractivity contribution in [2.45, 2.75) is 30.4 Å². The van der Waals surface area contributed by atoms with Crippen LogP contribution in [-0.2, 0) is 9.59 Å². The summed E-state index contributed by atoms with van der Waals surface area (Å²) in [4.78, 5) is 38.3. The summed E-state index contributed by atoms with van der Waals surface area (Å²) < 4.78 is 0. The number of anilines is 1. The maximum Gasteiger partial charge on any atom is 0.336 e. The van der Waals surface area contributed by atoms with Crippen LogP contribution in [0.5, 0.6) is 0 Å². The van der Waals surface area contributed by atoms with E-state index >= 15 is 0 Å². The molecule has 0 aromatic heterocycles. The fraction of sp³-hybridized carbons (Fsp3) is 0.211. The molecule has 0 spiro atoms. The predicted molar refractivity (Wildman–Crippen MR) is 96.1 cm³/mol. The van der Waals surface area contributed by atoms with Gasteiger partial charge in [0.2, 0.25) is 11.8 Å². The van der Waals surface area contributed by atoms with E-state index in [1.165, 1.54) is 11.0 Å². The first-order valence-electron chi connectivity index (χ1n) is 7.82. The van der Waals surface area contributed by atoms with Crippen LogP contribution in [0.3, 0.4) is 0 Å². The van der Waals surface area contributed by atoms with E-state index in [-0.39, 0.29) is 23.8 Å². The minimum atomic E-state index is -1.05. The molecule has 0 unspecified atom stereocenters. The van der Waals surface area contributed by atoms with Crippen LogP contribution >= 0.6 is 11.8 Å². The van der Waals surface area contributed by atoms with E-state index in [1.807, 2.05) is 26.0 Å². The van der Waals surface area contributed by atoms with Gasteiger partial charge in [0.1, 0.15) is 0 Å². The first-order chi connectivity index (χ1) is 11.9. The Morgan fingerprint density at radius 3 is 2.56 bits per heavy atom. The van der Waals surface area contributed by atoms with Gasteiger partial charge in [-0.3, -0.25) is 9.59 Å². The highest BCUT2D eigenvalue weighted by Gasteiger charge is 2.41. The zero-order chi connectivity index (χ0) is 18.1. The molecule has 5 nitrogen and oxygen atoms in total. The topological polar surface area (TPSA) is 74.7 Å². The third-order valence-corrected chi connectivity index (χ3v) is 5.57. The van der Waals surface area contributed by atoms with Gasteiger partial charge in [0, 0.05) is 11.3 Å². The van der Waals surface area contributed by atoms with Crippen molar-refractivity contribution in [3.05, 3.63) is 59.2 Å². The number of hydrogen-bond donors (Lipinski definition) is 1. The van der Waals surface area contributed by atoms with Gasteiger partial charge in [-0.2, -0.15) is 0 Å². The number of carbonyl (C=O) groups excluding carboxylic acids is 2. The van der Waals surface area contributed by atoms with Gasteiger partial charge in [-0.05, 0) is 43.2 Å². The maximum atomic E-state index is 12.8. The van der Waals surface area contributed by atoms with Crippen LogP contribution in [0, 0.1) is 13.8 Å². The molecule has 6 heteroatoms. The van der Waals surface area contributed by atoms with Gasteiger partial charge in [-0.25, -0.2) is 9.69 Å². The molecular weight excluding hydrogens is 338 g/mol. The Hall–Kier alpha value is -2.60. The Bertz CT molecular complexity index is 877. The van der Waals surface area contributed by atoms with Crippen molar-refractivity contribution in [2.24, 2.45) is 0 Å². The fourth-order valence-corrected chi connectivity index (χ4v) is 4.00. The van der Waals surface area contributed by atoms with Crippen molar-refractivity contribution in [3.8, 4) is 0 Å². The van der Waals surface area contributed by atoms with Crippen LogP contribution in [0.25, 0.3) is 0 Å². The van der Waals surface area contributed by atoms with Gasteiger partial charge in [0.25, 0.3) is 0 Å². The smallest absolute Gasteiger partial charge is 0.336 e. The van der Waals surface area contributed by atoms with Gasteiger partial charge >= 0.3 is 5.97 Å². The zero-order valence-corrected chi connectivity index (χ0v) is 14.7. The van der Waals surface area contributed by atoms with Crippen LogP contribution in [0.2, 0.25) is 0 Å². The lowest BCUT2D eigenvalue weighted by Gasteiger charge is -2.18. The molecule has 1 saturated heterocycles. The summed E-state index contributed by atoms with van der Waals surface area (Å²) in [7, 11) is 0. The standard InChI is InChI=1S/C19H17NO4S/c1-11-6-5-8-14(12(11)2)20-17(21)10-16(18(20)22)25-15-9-4-3-7-13(15)19(23)24/h3-9,16H,10H2,1-2H3,(H,23,24)/t16-/m0/s1. The molecule has 0 bridgehead atoms. The summed E-state index contributed by atoms with van der Waals surface area (Å²) in [5.74, 6) is -1.61. The number of aromatic carboxylic acids is 1. The minimum Gasteiger partial charge on any atom is -0.478 e. The predicted octanol–water partition coefficient (Wildman–Crippen LogP) is 3.43. The van der Waals surface area contributed by atoms with Crippen LogP contribution in [0.4, 0.5) is 5.69 Å². The normalized spacial score (nSPS) is 17.2. The van der Waals surface area contributed by atoms with E-state index in [2.05, 4.69) is 0 Å². The van der Waals surface area contributed by atoms with E-state index in [0.29, 0.717) is 10.6 Å². The molecular formula is C19H17NO4S. The first-order valence-corrected chi connectivity index (χ1v) is 8.70. The average Bonchev–Trinajstić information content (AvgIpc) is 2.85. The number of carboxylic acid groups (broad SMARTS) is 1. The Morgan fingerprint density at radius 2 is 1.84 bits per heavy atom. The minimum absolute atomic E-state index is 0.0604. The SMILES string of the molecule is Cc1cccc(N2C(=O)C[C@H](Sc3ccccc3C(=O)O)C2=O)c1C. The third kappa shape index (κ3) is 3.17. The zero-order valence-electron chi connectivity index (χ0n) is 13.9. The van der Waals surface area contributed by atoms with E-state index < -0.39 is 11.2 Å². The molecule has 1 atom stereocenters. The number of rotatable bonds is 4. The number of aryl methyl sites for hydroxylation is 1. The number of carbonyl (C=O) groups is 3. The maximum absolute atomic E-state index is 12.8. The number of benzene rings is 2. The van der Waals surface area contributed by atoms with Gasteiger partial charge in [-0.1, -0.05) is 24.3 Å². The Morgan fingerprint density at radius 1 is 1.12 bits per heavy atom. The summed E-state index contributed by atoms with van der Waals surface area (Å²) in [5.41, 5.74) is 2.63. The van der Waals surface area contributed by atoms with E-state index in [4.69, 9.17) is 0 Å². The van der Waals surface area contributed by atoms with Crippen LogP contribution in [0.1, 0.15) is 27.9 Å². The number of amides is 2. The molecule has 1 heterocycles. The molecule has 0 aliphatic carbocycles. The lowest BCUT2D eigenvalue weighted by molar-refractivity contribution is -0.121. The molecule has 1 N–H and O–H groups in total. The van der Waals surface area contributed by atoms with Crippen LogP contribution in [0.15, 0.2) is 47.4 Å². The van der Waals surface area contributed by atoms with Crippen molar-refractivity contribution in [1.82, 2.24) is 0 Å². The average molecular weight is 355 g/mol. The van der Waals surface area contributed by atoms with Crippen molar-refractivity contribution in [2.75, 3.05) is 4.90 Å². The Labute approximate surface area is 149 Å². The number of carboxylic acids is 1. The van der Waals surface area contributed by atoms with Gasteiger partial charge in [-0.15, -0.1) is 11.8 Å². The lowest BCUT2D eigenvalue weighted by Crippen LogP contribution is -2.31. The van der Waals surface area contributed by atoms with Crippen molar-refractivity contribution in [1.29, 1.82) is 0 Å². The van der Waals surface area contributed by atoms with E-state index in [9.17, 15) is 19.5 Å². The second kappa shape index (κ2) is 6.72. The fourth-order valence-electron chi connectivity index (χ4n) is 2.83. The molecule has 2 amide bonds. The largest absolute Gasteiger partial charge is 0.478 e. The summed E-state index contributed by atoms with van der Waals surface area (Å²) in [6.45, 7) is 3.81. The highest BCUT2D eigenvalue weighted by Crippen LogP contribution is 2.36. The molecule has 0 radical (unpaired) electrons. The number of nitrogens with zero attached hydrogens (tertiary/aromatic N) is 1. The summed E-state index contributed by atoms with van der Waals surface area (Å²) in [6, 6.07) is 12.0. The highest BCUT2D eigenvalue weighted by atomic mass is 32.2. The molecule has 1 aliphatic rings. The van der Waals surface area contributed by atoms with Gasteiger partial charge in [0.15, 0.2) is 0 Å². The van der Waals surface area contributed by atoms with Crippen molar-refractivity contribution in [3.63, 3.8) is 0 Å². The number of thioether (sulfide) groups is 1. The molecule has 2 aromatic rings. The van der Waals surface area contributed by atoms with Crippen molar-refractivity contribution < 1.29 is 19.5 Å². The Kier molecular flexibility index (Phi) is 4.63. The Balaban J connectivity index is 1.90. The second-order valence-corrected chi connectivity index (χ2v) is 7.14. The third-order valence-electron chi connectivity index (χ3n) is 4.31. The molecule has 0 saturated carbocycles. The lowest BCUT2D eigenvalue weighted by atomic mass is 10.1. The van der Waals surface area contributed by atoms with E-state index in [0.717, 1.165) is 22.9 Å².